The van der Waals surface area contributed by atoms with E-state index in [9.17, 15) is 4.39 Å². The van der Waals surface area contributed by atoms with E-state index in [0.717, 1.165) is 36.4 Å². The van der Waals surface area contributed by atoms with Gasteiger partial charge in [0.15, 0.2) is 5.69 Å². The first-order valence-electron chi connectivity index (χ1n) is 14.9. The molecule has 0 spiro atoms. The van der Waals surface area contributed by atoms with Crippen molar-refractivity contribution in [2.24, 2.45) is 0 Å². The van der Waals surface area contributed by atoms with E-state index in [1.165, 1.54) is 40.4 Å². The van der Waals surface area contributed by atoms with E-state index in [1.807, 2.05) is 17.5 Å². The quantitative estimate of drug-likeness (QED) is 0.191. The molecule has 7 heteroatoms. The van der Waals surface area contributed by atoms with Crippen molar-refractivity contribution in [2.75, 3.05) is 0 Å². The van der Waals surface area contributed by atoms with Crippen LogP contribution in [0.3, 0.4) is 0 Å². The number of imidazole rings is 3. The molecule has 218 valence electrons. The van der Waals surface area contributed by atoms with E-state index in [-0.39, 0.29) is 22.6 Å². The van der Waals surface area contributed by atoms with Crippen LogP contribution in [-0.2, 0) is 23.8 Å². The van der Waals surface area contributed by atoms with E-state index in [0.29, 0.717) is 5.65 Å². The summed E-state index contributed by atoms with van der Waals surface area (Å²) >= 11 is 0. The van der Waals surface area contributed by atoms with Crippen molar-refractivity contribution < 1.29 is 8.96 Å². The summed E-state index contributed by atoms with van der Waals surface area (Å²) in [6.45, 7) is 18.6. The smallest absolute Gasteiger partial charge is 0.286 e. The Labute approximate surface area is 247 Å². The van der Waals surface area contributed by atoms with E-state index in [2.05, 4.69) is 115 Å². The largest absolute Gasteiger partial charge is 0.303 e. The Kier molecular flexibility index (Phi) is 6.75. The summed E-state index contributed by atoms with van der Waals surface area (Å²) in [6.07, 6.45) is 10.4. The molecule has 6 nitrogen and oxygen atoms in total. The Morgan fingerprint density at radius 1 is 0.952 bits per heavy atom. The number of fused-ring (bicyclic) bond motifs is 3. The highest BCUT2D eigenvalue weighted by atomic mass is 19.1. The molecule has 0 aliphatic carbocycles. The zero-order valence-electron chi connectivity index (χ0n) is 26.1. The van der Waals surface area contributed by atoms with Gasteiger partial charge in [0.25, 0.3) is 5.65 Å². The SMILES string of the molecule is Cc1nc2cc(F)ccn2c1C(C)C[n+]1cc(C(C)(C)CCc2ccc3ncc(C(C)(C)C)n3c2)n2c(C)cccc21. The fourth-order valence-electron chi connectivity index (χ4n) is 6.48. The summed E-state index contributed by atoms with van der Waals surface area (Å²) < 4.78 is 23.0. The van der Waals surface area contributed by atoms with Gasteiger partial charge in [0.1, 0.15) is 29.0 Å². The number of nitrogens with zero attached hydrogens (tertiary/aromatic N) is 6. The Morgan fingerprint density at radius 3 is 2.50 bits per heavy atom. The highest BCUT2D eigenvalue weighted by Gasteiger charge is 2.33. The molecule has 1 atom stereocenters. The summed E-state index contributed by atoms with van der Waals surface area (Å²) in [5.74, 6) is -0.0847. The summed E-state index contributed by atoms with van der Waals surface area (Å²) in [7, 11) is 0. The molecule has 6 aromatic rings. The second-order valence-electron chi connectivity index (χ2n) is 13.6. The molecule has 42 heavy (non-hydrogen) atoms. The molecule has 0 saturated heterocycles. The van der Waals surface area contributed by atoms with Crippen LogP contribution >= 0.6 is 0 Å². The third-order valence-corrected chi connectivity index (χ3v) is 8.79. The summed E-state index contributed by atoms with van der Waals surface area (Å²) in [5, 5.41) is 0. The number of pyridine rings is 3. The van der Waals surface area contributed by atoms with Crippen LogP contribution in [0.1, 0.15) is 87.9 Å². The molecule has 6 heterocycles. The lowest BCUT2D eigenvalue weighted by molar-refractivity contribution is -0.673. The van der Waals surface area contributed by atoms with Crippen molar-refractivity contribution in [3.8, 4) is 0 Å². The first kappa shape index (κ1) is 28.1. The molecule has 0 aliphatic rings. The molecule has 0 aliphatic heterocycles. The highest BCUT2D eigenvalue weighted by Crippen LogP contribution is 2.31. The van der Waals surface area contributed by atoms with Gasteiger partial charge >= 0.3 is 0 Å². The van der Waals surface area contributed by atoms with Gasteiger partial charge in [-0.1, -0.05) is 53.7 Å². The second-order valence-corrected chi connectivity index (χ2v) is 13.6. The molecule has 6 rings (SSSR count). The average molecular weight is 566 g/mol. The average Bonchev–Trinajstić information content (AvgIpc) is 3.60. The first-order chi connectivity index (χ1) is 19.8. The maximum Gasteiger partial charge on any atom is 0.286 e. The predicted molar refractivity (Wildman–Crippen MR) is 166 cm³/mol. The van der Waals surface area contributed by atoms with Crippen molar-refractivity contribution in [3.05, 3.63) is 107 Å². The van der Waals surface area contributed by atoms with E-state index in [4.69, 9.17) is 0 Å². The monoisotopic (exact) mass is 565 g/mol. The lowest BCUT2D eigenvalue weighted by atomic mass is 9.83. The third-order valence-electron chi connectivity index (χ3n) is 8.79. The van der Waals surface area contributed by atoms with Crippen molar-refractivity contribution in [1.29, 1.82) is 0 Å². The lowest BCUT2D eigenvalue weighted by Crippen LogP contribution is -2.35. The van der Waals surface area contributed by atoms with Crippen molar-refractivity contribution in [3.63, 3.8) is 0 Å². The van der Waals surface area contributed by atoms with E-state index >= 15 is 0 Å². The Hall–Kier alpha value is -4.00. The predicted octanol–water partition coefficient (Wildman–Crippen LogP) is 7.29. The van der Waals surface area contributed by atoms with Gasteiger partial charge < -0.3 is 8.80 Å². The fourth-order valence-corrected chi connectivity index (χ4v) is 6.48. The molecule has 0 aromatic carbocycles. The van der Waals surface area contributed by atoms with Gasteiger partial charge in [-0.2, -0.15) is 4.40 Å². The minimum Gasteiger partial charge on any atom is -0.303 e. The third kappa shape index (κ3) is 4.89. The van der Waals surface area contributed by atoms with Gasteiger partial charge in [0.2, 0.25) is 0 Å². The van der Waals surface area contributed by atoms with E-state index < -0.39 is 0 Å². The number of aromatic nitrogens is 6. The van der Waals surface area contributed by atoms with Crippen LogP contribution in [-0.4, -0.2) is 23.2 Å². The van der Waals surface area contributed by atoms with Crippen LogP contribution in [0.5, 0.6) is 0 Å². The number of rotatable bonds is 7. The number of hydrogen-bond acceptors (Lipinski definition) is 2. The molecule has 6 aromatic heterocycles. The summed E-state index contributed by atoms with van der Waals surface area (Å²) in [5.41, 5.74) is 9.92. The van der Waals surface area contributed by atoms with Gasteiger partial charge in [-0.15, -0.1) is 0 Å². The maximum atomic E-state index is 13.9. The summed E-state index contributed by atoms with van der Waals surface area (Å²) in [4.78, 5) is 9.28. The first-order valence-corrected chi connectivity index (χ1v) is 14.9. The van der Waals surface area contributed by atoms with Crippen LogP contribution in [0.15, 0.2) is 67.3 Å². The van der Waals surface area contributed by atoms with Crippen molar-refractivity contribution in [2.45, 2.75) is 91.5 Å². The number of halogens is 1. The van der Waals surface area contributed by atoms with E-state index in [1.54, 1.807) is 6.20 Å². The summed E-state index contributed by atoms with van der Waals surface area (Å²) in [6, 6.07) is 13.9. The van der Waals surface area contributed by atoms with Gasteiger partial charge in [-0.25, -0.2) is 18.9 Å². The van der Waals surface area contributed by atoms with Crippen molar-refractivity contribution >= 4 is 16.9 Å². The van der Waals surface area contributed by atoms with Crippen LogP contribution < -0.4 is 4.57 Å². The number of aryl methyl sites for hydroxylation is 3. The zero-order chi connectivity index (χ0) is 30.0. The minimum atomic E-state index is -0.263. The van der Waals surface area contributed by atoms with Crippen molar-refractivity contribution in [1.82, 2.24) is 23.2 Å². The standard InChI is InChI=1S/C35H42FN6/c1-23(33-25(3)38-31-18-27(36)15-17-40(31)33)20-39-22-29(42-24(2)10-9-11-32(39)42)35(7,8)16-14-26-12-13-30-37-19-28(34(4,5)6)41(30)21-26/h9-13,15,17-19,21-23H,14,16,20H2,1-8H3/q+1. The lowest BCUT2D eigenvalue weighted by Gasteiger charge is -2.22. The molecule has 0 saturated carbocycles. The van der Waals surface area contributed by atoms with Crippen LogP contribution in [0, 0.1) is 19.7 Å². The van der Waals surface area contributed by atoms with Gasteiger partial charge in [0.05, 0.1) is 17.9 Å². The fraction of sp³-hybridized carbons (Fsp3) is 0.400. The number of hydrogen-bond donors (Lipinski definition) is 0. The topological polar surface area (TPSA) is 42.9 Å². The molecule has 0 radical (unpaired) electrons. The molecule has 0 bridgehead atoms. The molecule has 0 fully saturated rings. The van der Waals surface area contributed by atoms with Crippen LogP contribution in [0.25, 0.3) is 16.9 Å². The Morgan fingerprint density at radius 2 is 1.74 bits per heavy atom. The molecular weight excluding hydrogens is 523 g/mol. The maximum absolute atomic E-state index is 13.9. The Balaban J connectivity index is 1.32. The van der Waals surface area contributed by atoms with Crippen LogP contribution in [0.2, 0.25) is 0 Å². The Bertz CT molecular complexity index is 1930. The highest BCUT2D eigenvalue weighted by molar-refractivity contribution is 5.45. The van der Waals surface area contributed by atoms with Gasteiger partial charge in [-0.3, -0.25) is 0 Å². The minimum absolute atomic E-state index is 0.0302. The molecule has 0 N–H and O–H groups in total. The second kappa shape index (κ2) is 10.1. The van der Waals surface area contributed by atoms with Crippen LogP contribution in [0.4, 0.5) is 4.39 Å². The van der Waals surface area contributed by atoms with Gasteiger partial charge in [0, 0.05) is 53.2 Å². The molecular formula is C35H42FN6+. The van der Waals surface area contributed by atoms with Gasteiger partial charge in [-0.05, 0) is 50.5 Å². The molecule has 0 amide bonds. The molecule has 1 unspecified atom stereocenters. The normalized spacial score (nSPS) is 13.5. The zero-order valence-corrected chi connectivity index (χ0v) is 26.1.